The quantitative estimate of drug-likeness (QED) is 0.0934. The normalized spacial score (nSPS) is 15.6. The molecule has 1 fully saturated rings. The third kappa shape index (κ3) is 6.35. The average Bonchev–Trinajstić information content (AvgIpc) is 3.52. The summed E-state index contributed by atoms with van der Waals surface area (Å²) in [6.45, 7) is 3.16. The van der Waals surface area contributed by atoms with Crippen LogP contribution in [0.2, 0.25) is 0 Å². The van der Waals surface area contributed by atoms with E-state index >= 15 is 0 Å². The molecule has 0 aliphatic carbocycles. The van der Waals surface area contributed by atoms with Crippen molar-refractivity contribution in [1.29, 1.82) is 0 Å². The first kappa shape index (κ1) is 30.2. The van der Waals surface area contributed by atoms with Gasteiger partial charge in [0.05, 0.1) is 29.0 Å². The summed E-state index contributed by atoms with van der Waals surface area (Å²) in [4.78, 5) is 44.5. The molecule has 2 aromatic carbocycles. The number of unbranched alkanes of at least 4 members (excludes halogenated alkanes) is 1. The number of hydroxylamine groups is 1. The van der Waals surface area contributed by atoms with Gasteiger partial charge in [-0.15, -0.1) is 0 Å². The molecular formula is C32H37N9O4. The van der Waals surface area contributed by atoms with Crippen LogP contribution in [0.4, 0.5) is 10.6 Å². The lowest BCUT2D eigenvalue weighted by molar-refractivity contribution is -0.0298. The molecule has 0 saturated carbocycles. The van der Waals surface area contributed by atoms with Crippen molar-refractivity contribution in [3.05, 3.63) is 82.9 Å². The summed E-state index contributed by atoms with van der Waals surface area (Å²) in [6.07, 6.45) is 8.89. The van der Waals surface area contributed by atoms with E-state index in [0.717, 1.165) is 31.2 Å². The van der Waals surface area contributed by atoms with Gasteiger partial charge in [0.1, 0.15) is 18.4 Å². The summed E-state index contributed by atoms with van der Waals surface area (Å²) in [5.41, 5.74) is 4.95. The van der Waals surface area contributed by atoms with Crippen LogP contribution in [0.25, 0.3) is 27.8 Å². The van der Waals surface area contributed by atoms with E-state index in [0.29, 0.717) is 71.8 Å². The molecule has 1 unspecified atom stereocenters. The standard InChI is InChI=1S/C32H37N9O4/c1-2-23(37-28-27-30(35-19-34-28)40(20-36-27)25-16-7-9-18-45-25)29-38-24-15-10-12-21(11-6-8-17-33-32(43)39-44)26(24)31(42)41(29)22-13-4-3-5-14-22/h3-5,10,12-15,19-20,23,25,44H,2,6-9,11,16-18H2,1H3,(H2,33,39,43)(H,34,35,37)/t23-,25?/m0/s1. The van der Waals surface area contributed by atoms with Crippen molar-refractivity contribution < 1.29 is 14.7 Å². The van der Waals surface area contributed by atoms with Gasteiger partial charge in [-0.2, -0.15) is 0 Å². The average molecular weight is 612 g/mol. The van der Waals surface area contributed by atoms with Gasteiger partial charge < -0.3 is 15.4 Å². The molecule has 0 spiro atoms. The highest BCUT2D eigenvalue weighted by atomic mass is 16.5. The van der Waals surface area contributed by atoms with Gasteiger partial charge in [0, 0.05) is 13.2 Å². The molecule has 0 radical (unpaired) electrons. The zero-order chi connectivity index (χ0) is 31.2. The van der Waals surface area contributed by atoms with Crippen LogP contribution in [-0.2, 0) is 11.2 Å². The Kier molecular flexibility index (Phi) is 9.27. The van der Waals surface area contributed by atoms with Crippen LogP contribution in [0.15, 0.2) is 66.0 Å². The first-order chi connectivity index (χ1) is 22.1. The molecule has 0 bridgehead atoms. The van der Waals surface area contributed by atoms with E-state index in [1.54, 1.807) is 16.4 Å². The molecule has 4 heterocycles. The van der Waals surface area contributed by atoms with E-state index in [2.05, 4.69) is 25.6 Å². The number of rotatable bonds is 11. The van der Waals surface area contributed by atoms with Crippen molar-refractivity contribution in [3.63, 3.8) is 0 Å². The second kappa shape index (κ2) is 13.8. The zero-order valence-corrected chi connectivity index (χ0v) is 25.1. The fourth-order valence-electron chi connectivity index (χ4n) is 5.89. The van der Waals surface area contributed by atoms with Crippen molar-refractivity contribution in [3.8, 4) is 5.69 Å². The van der Waals surface area contributed by atoms with Crippen molar-refractivity contribution in [2.75, 3.05) is 18.5 Å². The van der Waals surface area contributed by atoms with E-state index in [-0.39, 0.29) is 17.8 Å². The molecule has 1 aliphatic heterocycles. The zero-order valence-electron chi connectivity index (χ0n) is 25.1. The molecule has 45 heavy (non-hydrogen) atoms. The van der Waals surface area contributed by atoms with Crippen LogP contribution in [0.3, 0.4) is 0 Å². The van der Waals surface area contributed by atoms with Crippen LogP contribution in [0.1, 0.15) is 69.1 Å². The van der Waals surface area contributed by atoms with Crippen molar-refractivity contribution >= 4 is 33.9 Å². The highest BCUT2D eigenvalue weighted by molar-refractivity contribution is 5.84. The van der Waals surface area contributed by atoms with Gasteiger partial charge in [0.25, 0.3) is 5.56 Å². The minimum absolute atomic E-state index is 0.107. The highest BCUT2D eigenvalue weighted by Crippen LogP contribution is 2.30. The maximum Gasteiger partial charge on any atom is 0.338 e. The molecule has 234 valence electrons. The van der Waals surface area contributed by atoms with Crippen LogP contribution in [0.5, 0.6) is 0 Å². The van der Waals surface area contributed by atoms with Crippen molar-refractivity contribution in [2.24, 2.45) is 0 Å². The Hall–Kier alpha value is -4.88. The summed E-state index contributed by atoms with van der Waals surface area (Å²) in [6, 6.07) is 14.3. The Morgan fingerprint density at radius 2 is 1.96 bits per heavy atom. The smallest absolute Gasteiger partial charge is 0.338 e. The van der Waals surface area contributed by atoms with Gasteiger partial charge in [-0.3, -0.25) is 19.1 Å². The maximum atomic E-state index is 14.4. The molecule has 2 atom stereocenters. The Bertz CT molecular complexity index is 1830. The predicted molar refractivity (Wildman–Crippen MR) is 169 cm³/mol. The van der Waals surface area contributed by atoms with Gasteiger partial charge in [-0.05, 0) is 68.7 Å². The van der Waals surface area contributed by atoms with Gasteiger partial charge in [-0.25, -0.2) is 30.2 Å². The number of aromatic nitrogens is 6. The SMILES string of the molecule is CC[C@H](Nc1ncnc2c1ncn2C1CCCCO1)c1nc2cccc(CCCCNC(=O)NO)c2c(=O)n1-c1ccccc1. The molecule has 6 rings (SSSR count). The van der Waals surface area contributed by atoms with Gasteiger partial charge >= 0.3 is 6.03 Å². The van der Waals surface area contributed by atoms with E-state index in [4.69, 9.17) is 14.9 Å². The number of hydrogen-bond acceptors (Lipinski definition) is 9. The number of carbonyl (C=O) groups is 1. The lowest BCUT2D eigenvalue weighted by Crippen LogP contribution is -2.33. The van der Waals surface area contributed by atoms with Crippen LogP contribution in [-0.4, -0.2) is 53.5 Å². The van der Waals surface area contributed by atoms with Crippen LogP contribution >= 0.6 is 0 Å². The number of fused-ring (bicyclic) bond motifs is 2. The Morgan fingerprint density at radius 1 is 1.09 bits per heavy atom. The Labute approximate surface area is 259 Å². The summed E-state index contributed by atoms with van der Waals surface area (Å²) >= 11 is 0. The number of nitrogens with zero attached hydrogens (tertiary/aromatic N) is 6. The molecule has 3 aromatic heterocycles. The summed E-state index contributed by atoms with van der Waals surface area (Å²) in [7, 11) is 0. The number of carbonyl (C=O) groups excluding carboxylic acids is 1. The first-order valence-electron chi connectivity index (χ1n) is 15.4. The first-order valence-corrected chi connectivity index (χ1v) is 15.4. The van der Waals surface area contributed by atoms with E-state index in [1.807, 2.05) is 60.0 Å². The number of imidazole rings is 1. The topological polar surface area (TPSA) is 161 Å². The maximum absolute atomic E-state index is 14.4. The number of benzene rings is 2. The van der Waals surface area contributed by atoms with Crippen molar-refractivity contribution in [2.45, 2.75) is 64.1 Å². The van der Waals surface area contributed by atoms with Crippen LogP contribution < -0.4 is 21.7 Å². The molecule has 2 amide bonds. The number of hydrogen-bond donors (Lipinski definition) is 4. The number of aryl methyl sites for hydroxylation is 1. The largest absolute Gasteiger partial charge is 0.358 e. The molecule has 13 nitrogen and oxygen atoms in total. The number of ether oxygens (including phenoxy) is 1. The fourth-order valence-corrected chi connectivity index (χ4v) is 5.89. The van der Waals surface area contributed by atoms with Gasteiger partial charge in [0.2, 0.25) is 0 Å². The number of anilines is 1. The van der Waals surface area contributed by atoms with Gasteiger partial charge in [-0.1, -0.05) is 37.3 Å². The lowest BCUT2D eigenvalue weighted by Gasteiger charge is -2.24. The van der Waals surface area contributed by atoms with Crippen LogP contribution in [0, 0.1) is 0 Å². The lowest BCUT2D eigenvalue weighted by atomic mass is 10.0. The molecule has 13 heteroatoms. The van der Waals surface area contributed by atoms with E-state index < -0.39 is 6.03 Å². The van der Waals surface area contributed by atoms with E-state index in [1.165, 1.54) is 6.33 Å². The predicted octanol–water partition coefficient (Wildman–Crippen LogP) is 4.80. The second-order valence-corrected chi connectivity index (χ2v) is 11.1. The second-order valence-electron chi connectivity index (χ2n) is 11.1. The molecule has 4 N–H and O–H groups in total. The number of nitrogens with one attached hydrogen (secondary N) is 3. The Balaban J connectivity index is 1.37. The molecule has 1 saturated heterocycles. The number of para-hydroxylation sites is 1. The van der Waals surface area contributed by atoms with E-state index in [9.17, 15) is 9.59 Å². The molecular weight excluding hydrogens is 574 g/mol. The number of urea groups is 1. The number of amides is 2. The van der Waals surface area contributed by atoms with Crippen molar-refractivity contribution in [1.82, 2.24) is 39.9 Å². The third-order valence-electron chi connectivity index (χ3n) is 8.14. The minimum Gasteiger partial charge on any atom is -0.358 e. The monoisotopic (exact) mass is 611 g/mol. The minimum atomic E-state index is -0.643. The third-order valence-corrected chi connectivity index (χ3v) is 8.14. The summed E-state index contributed by atoms with van der Waals surface area (Å²) in [5.74, 6) is 1.13. The molecule has 1 aliphatic rings. The Morgan fingerprint density at radius 3 is 2.73 bits per heavy atom. The summed E-state index contributed by atoms with van der Waals surface area (Å²) < 4.78 is 9.64. The summed E-state index contributed by atoms with van der Waals surface area (Å²) in [5, 5.41) is 15.3. The highest BCUT2D eigenvalue weighted by Gasteiger charge is 2.25. The fraction of sp³-hybridized carbons (Fsp3) is 0.375. The molecule has 5 aromatic rings. The van der Waals surface area contributed by atoms with Gasteiger partial charge in [0.15, 0.2) is 17.0 Å².